The van der Waals surface area contributed by atoms with E-state index >= 15 is 0 Å². The van der Waals surface area contributed by atoms with Crippen LogP contribution < -0.4 is 0 Å². The molecule has 1 fully saturated rings. The topological polar surface area (TPSA) is 59.2 Å². The van der Waals surface area contributed by atoms with E-state index in [0.29, 0.717) is 30.1 Å². The van der Waals surface area contributed by atoms with Crippen LogP contribution in [0.15, 0.2) is 59.1 Å². The number of hydrogen-bond donors (Lipinski definition) is 0. The van der Waals surface area contributed by atoms with Crippen LogP contribution >= 0.6 is 0 Å². The van der Waals surface area contributed by atoms with E-state index in [9.17, 15) is 18.0 Å². The highest BCUT2D eigenvalue weighted by Crippen LogP contribution is 2.31. The molecular formula is C21H18F3N3O2. The molecule has 4 rings (SSSR count). The summed E-state index contributed by atoms with van der Waals surface area (Å²) in [5, 5.41) is 3.39. The van der Waals surface area contributed by atoms with Crippen molar-refractivity contribution in [2.24, 2.45) is 5.92 Å². The molecule has 3 aromatic rings. The Balaban J connectivity index is 1.49. The molecule has 2 aromatic carbocycles. The molecule has 0 radical (unpaired) electrons. The van der Waals surface area contributed by atoms with E-state index < -0.39 is 12.1 Å². The minimum Gasteiger partial charge on any atom is -0.334 e. The Kier molecular flexibility index (Phi) is 5.08. The van der Waals surface area contributed by atoms with Crippen molar-refractivity contribution in [1.82, 2.24) is 15.0 Å². The van der Waals surface area contributed by atoms with Crippen molar-refractivity contribution in [2.75, 3.05) is 6.54 Å². The molecule has 8 heteroatoms. The van der Waals surface area contributed by atoms with E-state index in [1.165, 1.54) is 0 Å². The average molecular weight is 401 g/mol. The number of rotatable bonds is 6. The third-order valence-electron chi connectivity index (χ3n) is 4.74. The van der Waals surface area contributed by atoms with E-state index in [1.54, 1.807) is 36.4 Å². The number of carbonyl (C=O) groups excluding carboxylic acids is 1. The Morgan fingerprint density at radius 1 is 1.07 bits per heavy atom. The van der Waals surface area contributed by atoms with Crippen LogP contribution in [0.4, 0.5) is 13.2 Å². The number of carbonyl (C=O) groups is 1. The second-order valence-corrected chi connectivity index (χ2v) is 7.11. The van der Waals surface area contributed by atoms with Gasteiger partial charge in [-0.3, -0.25) is 4.79 Å². The van der Waals surface area contributed by atoms with Crippen molar-refractivity contribution in [1.29, 1.82) is 0 Å². The van der Waals surface area contributed by atoms with Gasteiger partial charge in [-0.2, -0.15) is 18.2 Å². The lowest BCUT2D eigenvalue weighted by molar-refractivity contribution is -0.159. The van der Waals surface area contributed by atoms with Crippen LogP contribution in [0.5, 0.6) is 0 Å². The molecule has 0 spiro atoms. The zero-order chi connectivity index (χ0) is 20.4. The molecule has 0 aliphatic heterocycles. The van der Waals surface area contributed by atoms with Crippen LogP contribution in [0.1, 0.15) is 34.7 Å². The number of aromatic nitrogens is 2. The van der Waals surface area contributed by atoms with Gasteiger partial charge >= 0.3 is 12.1 Å². The lowest BCUT2D eigenvalue weighted by Crippen LogP contribution is -2.32. The third-order valence-corrected chi connectivity index (χ3v) is 4.74. The normalized spacial score (nSPS) is 14.0. The van der Waals surface area contributed by atoms with Crippen LogP contribution in [0.3, 0.4) is 0 Å². The second kappa shape index (κ2) is 7.69. The van der Waals surface area contributed by atoms with Crippen molar-refractivity contribution in [3.05, 3.63) is 71.6 Å². The number of hydrogen-bond acceptors (Lipinski definition) is 4. The Morgan fingerprint density at radius 3 is 2.34 bits per heavy atom. The molecule has 150 valence electrons. The van der Waals surface area contributed by atoms with Gasteiger partial charge in [-0.05, 0) is 36.5 Å². The zero-order valence-electron chi connectivity index (χ0n) is 15.4. The highest BCUT2D eigenvalue weighted by atomic mass is 19.4. The van der Waals surface area contributed by atoms with Crippen LogP contribution in [0.25, 0.3) is 11.4 Å². The zero-order valence-corrected chi connectivity index (χ0v) is 15.4. The minimum absolute atomic E-state index is 0.0328. The Morgan fingerprint density at radius 2 is 1.76 bits per heavy atom. The van der Waals surface area contributed by atoms with Gasteiger partial charge in [0.15, 0.2) is 0 Å². The highest BCUT2D eigenvalue weighted by molar-refractivity contribution is 5.94. The molecule has 5 nitrogen and oxygen atoms in total. The van der Waals surface area contributed by atoms with Crippen LogP contribution in [0, 0.1) is 5.92 Å². The summed E-state index contributed by atoms with van der Waals surface area (Å²) in [7, 11) is 0. The summed E-state index contributed by atoms with van der Waals surface area (Å²) >= 11 is 0. The molecule has 1 aliphatic carbocycles. The molecule has 1 amide bonds. The number of alkyl halides is 3. The van der Waals surface area contributed by atoms with Crippen molar-refractivity contribution >= 4 is 5.91 Å². The predicted octanol–water partition coefficient (Wildman–Crippen LogP) is 4.81. The fourth-order valence-electron chi connectivity index (χ4n) is 3.03. The quantitative estimate of drug-likeness (QED) is 0.595. The molecule has 0 unspecified atom stereocenters. The van der Waals surface area contributed by atoms with Gasteiger partial charge < -0.3 is 9.42 Å². The number of benzene rings is 2. The number of halogens is 3. The Bertz CT molecular complexity index is 980. The molecule has 1 aliphatic rings. The summed E-state index contributed by atoms with van der Waals surface area (Å²) in [4.78, 5) is 18.1. The SMILES string of the molecule is O=C(c1ccccc1)N(Cc1ccc(-c2noc(C(F)(F)F)n2)cc1)CC1CC1. The standard InChI is InChI=1S/C21H18F3N3O2/c22-21(23,24)20-25-18(26-29-20)16-10-8-15(9-11-16)13-27(12-14-6-7-14)19(28)17-4-2-1-3-5-17/h1-5,8-11,14H,6-7,12-13H2. The van der Waals surface area contributed by atoms with Crippen molar-refractivity contribution in [2.45, 2.75) is 25.6 Å². The summed E-state index contributed by atoms with van der Waals surface area (Å²) in [6, 6.07) is 15.9. The van der Waals surface area contributed by atoms with E-state index in [1.807, 2.05) is 23.1 Å². The molecule has 0 saturated heterocycles. The van der Waals surface area contributed by atoms with Crippen LogP contribution in [0.2, 0.25) is 0 Å². The molecular weight excluding hydrogens is 383 g/mol. The predicted molar refractivity (Wildman–Crippen MR) is 98.6 cm³/mol. The fraction of sp³-hybridized carbons (Fsp3) is 0.286. The maximum absolute atomic E-state index is 12.9. The monoisotopic (exact) mass is 401 g/mol. The molecule has 1 aromatic heterocycles. The van der Waals surface area contributed by atoms with Gasteiger partial charge in [-0.1, -0.05) is 47.6 Å². The van der Waals surface area contributed by atoms with Gasteiger partial charge in [0.05, 0.1) is 0 Å². The summed E-state index contributed by atoms with van der Waals surface area (Å²) in [6.07, 6.45) is -2.43. The maximum atomic E-state index is 12.9. The van der Waals surface area contributed by atoms with Gasteiger partial charge in [0, 0.05) is 24.2 Å². The molecule has 1 heterocycles. The van der Waals surface area contributed by atoms with E-state index in [0.717, 1.165) is 18.4 Å². The van der Waals surface area contributed by atoms with E-state index in [4.69, 9.17) is 0 Å². The smallest absolute Gasteiger partial charge is 0.334 e. The van der Waals surface area contributed by atoms with E-state index in [2.05, 4.69) is 14.7 Å². The summed E-state index contributed by atoms with van der Waals surface area (Å²) in [6.45, 7) is 1.11. The minimum atomic E-state index is -4.67. The first-order chi connectivity index (χ1) is 13.9. The van der Waals surface area contributed by atoms with Crippen molar-refractivity contribution in [3.63, 3.8) is 0 Å². The fourth-order valence-corrected chi connectivity index (χ4v) is 3.03. The van der Waals surface area contributed by atoms with E-state index in [-0.39, 0.29) is 11.7 Å². The Labute approximate surface area is 165 Å². The third kappa shape index (κ3) is 4.64. The first-order valence-electron chi connectivity index (χ1n) is 9.25. The second-order valence-electron chi connectivity index (χ2n) is 7.11. The highest BCUT2D eigenvalue weighted by Gasteiger charge is 2.38. The van der Waals surface area contributed by atoms with Crippen LogP contribution in [-0.4, -0.2) is 27.5 Å². The molecule has 29 heavy (non-hydrogen) atoms. The largest absolute Gasteiger partial charge is 0.471 e. The molecule has 0 atom stereocenters. The van der Waals surface area contributed by atoms with Crippen LogP contribution in [-0.2, 0) is 12.7 Å². The summed E-state index contributed by atoms with van der Waals surface area (Å²) in [5.74, 6) is -1.00. The van der Waals surface area contributed by atoms with Crippen molar-refractivity contribution < 1.29 is 22.5 Å². The van der Waals surface area contributed by atoms with Gasteiger partial charge in [0.2, 0.25) is 5.82 Å². The van der Waals surface area contributed by atoms with Crippen molar-refractivity contribution in [3.8, 4) is 11.4 Å². The first-order valence-corrected chi connectivity index (χ1v) is 9.25. The summed E-state index contributed by atoms with van der Waals surface area (Å²) in [5.41, 5.74) is 1.92. The lowest BCUT2D eigenvalue weighted by atomic mass is 10.1. The lowest BCUT2D eigenvalue weighted by Gasteiger charge is -2.23. The number of amides is 1. The first kappa shape index (κ1) is 19.2. The number of nitrogens with zero attached hydrogens (tertiary/aromatic N) is 3. The summed E-state index contributed by atoms with van der Waals surface area (Å²) < 4.78 is 42.1. The molecule has 0 bridgehead atoms. The maximum Gasteiger partial charge on any atom is 0.471 e. The Hall–Kier alpha value is -3.16. The average Bonchev–Trinajstić information content (AvgIpc) is 3.38. The van der Waals surface area contributed by atoms with Gasteiger partial charge in [0.25, 0.3) is 5.91 Å². The van der Waals surface area contributed by atoms with Gasteiger partial charge in [0.1, 0.15) is 0 Å². The van der Waals surface area contributed by atoms with Gasteiger partial charge in [-0.15, -0.1) is 0 Å². The molecule has 1 saturated carbocycles. The van der Waals surface area contributed by atoms with Gasteiger partial charge in [-0.25, -0.2) is 0 Å². The molecule has 0 N–H and O–H groups in total.